The van der Waals surface area contributed by atoms with Crippen molar-refractivity contribution in [1.82, 2.24) is 10.2 Å². The number of hydrogen-bond acceptors (Lipinski definition) is 5. The molecule has 1 aromatic carbocycles. The zero-order chi connectivity index (χ0) is 20.5. The molecule has 1 fully saturated rings. The van der Waals surface area contributed by atoms with Crippen molar-refractivity contribution in [2.24, 2.45) is 0 Å². The van der Waals surface area contributed by atoms with Crippen LogP contribution in [0, 0.1) is 0 Å². The largest absolute Gasteiger partial charge is 0.486 e. The third-order valence-electron chi connectivity index (χ3n) is 5.69. The summed E-state index contributed by atoms with van der Waals surface area (Å²) in [6.07, 6.45) is 7.61. The molecule has 0 spiro atoms. The summed E-state index contributed by atoms with van der Waals surface area (Å²) in [7, 11) is 0. The van der Waals surface area contributed by atoms with Crippen LogP contribution in [0.1, 0.15) is 57.4 Å². The highest BCUT2D eigenvalue weighted by molar-refractivity contribution is 5.76. The van der Waals surface area contributed by atoms with E-state index in [9.17, 15) is 9.90 Å². The van der Waals surface area contributed by atoms with E-state index in [2.05, 4.69) is 23.2 Å². The second kappa shape index (κ2) is 12.8. The number of aliphatic hydroxyl groups excluding tert-OH is 1. The Balaban J connectivity index is 0.00000320. The van der Waals surface area contributed by atoms with Crippen LogP contribution in [0.5, 0.6) is 11.5 Å². The number of amides is 1. The molecular weight excluding hydrogens is 384 g/mol. The minimum atomic E-state index is -0.251. The first-order valence-electron chi connectivity index (χ1n) is 11.2. The first kappa shape index (κ1) is 24.4. The van der Waals surface area contributed by atoms with E-state index in [0.717, 1.165) is 55.8 Å². The van der Waals surface area contributed by atoms with E-state index in [1.54, 1.807) is 0 Å². The predicted molar refractivity (Wildman–Crippen MR) is 117 cm³/mol. The SMILES string of the molecule is CCCCCCCC(=O)N[C@@H](Cc1ccc2c(c1)OCCO2)CN1CC[C@@H](O)C1.O. The summed E-state index contributed by atoms with van der Waals surface area (Å²) in [6, 6.07) is 6.05. The Kier molecular flexibility index (Phi) is 10.4. The summed E-state index contributed by atoms with van der Waals surface area (Å²) in [5, 5.41) is 13.1. The number of benzene rings is 1. The lowest BCUT2D eigenvalue weighted by Crippen LogP contribution is -2.44. The number of aliphatic hydroxyl groups is 1. The first-order valence-corrected chi connectivity index (χ1v) is 11.2. The Labute approximate surface area is 180 Å². The van der Waals surface area contributed by atoms with Gasteiger partial charge in [-0.3, -0.25) is 9.69 Å². The first-order chi connectivity index (χ1) is 14.1. The van der Waals surface area contributed by atoms with Crippen LogP contribution in [0.15, 0.2) is 18.2 Å². The molecule has 170 valence electrons. The standard InChI is InChI=1S/C23H36N2O4.H2O/c1-2-3-4-5-6-7-23(27)24-19(16-25-11-10-20(26)17-25)14-18-8-9-21-22(15-18)29-13-12-28-21;/h8-9,15,19-20,26H,2-7,10-14,16-17H2,1H3,(H,24,27);1H2/t19-,20+;/m0./s1. The lowest BCUT2D eigenvalue weighted by Gasteiger charge is -2.25. The van der Waals surface area contributed by atoms with Gasteiger partial charge in [-0.2, -0.15) is 0 Å². The molecule has 0 aromatic heterocycles. The summed E-state index contributed by atoms with van der Waals surface area (Å²) in [5.74, 6) is 1.70. The quantitative estimate of drug-likeness (QED) is 0.532. The van der Waals surface area contributed by atoms with E-state index in [0.29, 0.717) is 26.2 Å². The van der Waals surface area contributed by atoms with Gasteiger partial charge in [0.15, 0.2) is 11.5 Å². The molecule has 1 aromatic rings. The van der Waals surface area contributed by atoms with Crippen LogP contribution >= 0.6 is 0 Å². The zero-order valence-electron chi connectivity index (χ0n) is 18.2. The highest BCUT2D eigenvalue weighted by Crippen LogP contribution is 2.31. The van der Waals surface area contributed by atoms with Crippen molar-refractivity contribution in [3.05, 3.63) is 23.8 Å². The lowest BCUT2D eigenvalue weighted by molar-refractivity contribution is -0.122. The second-order valence-electron chi connectivity index (χ2n) is 8.31. The summed E-state index contributed by atoms with van der Waals surface area (Å²) >= 11 is 0. The fourth-order valence-electron chi connectivity index (χ4n) is 4.14. The Morgan fingerprint density at radius 2 is 1.97 bits per heavy atom. The maximum atomic E-state index is 12.5. The van der Waals surface area contributed by atoms with Crippen LogP contribution < -0.4 is 14.8 Å². The molecule has 7 heteroatoms. The van der Waals surface area contributed by atoms with Gasteiger partial charge >= 0.3 is 0 Å². The summed E-state index contributed by atoms with van der Waals surface area (Å²) in [5.41, 5.74) is 1.13. The van der Waals surface area contributed by atoms with E-state index in [-0.39, 0.29) is 23.5 Å². The van der Waals surface area contributed by atoms with Crippen molar-refractivity contribution < 1.29 is 24.9 Å². The summed E-state index contributed by atoms with van der Waals surface area (Å²) < 4.78 is 11.3. The number of nitrogens with zero attached hydrogens (tertiary/aromatic N) is 1. The minimum absolute atomic E-state index is 0. The van der Waals surface area contributed by atoms with E-state index >= 15 is 0 Å². The molecule has 2 aliphatic rings. The number of nitrogens with one attached hydrogen (secondary N) is 1. The fourth-order valence-corrected chi connectivity index (χ4v) is 4.14. The number of ether oxygens (including phenoxy) is 2. The molecule has 0 saturated carbocycles. The van der Waals surface area contributed by atoms with Gasteiger partial charge in [0.25, 0.3) is 0 Å². The molecule has 4 N–H and O–H groups in total. The topological polar surface area (TPSA) is 103 Å². The molecule has 0 bridgehead atoms. The Hall–Kier alpha value is -1.83. The summed E-state index contributed by atoms with van der Waals surface area (Å²) in [4.78, 5) is 14.8. The normalized spacial score (nSPS) is 19.2. The highest BCUT2D eigenvalue weighted by atomic mass is 16.6. The number of hydrogen-bond donors (Lipinski definition) is 2. The predicted octanol–water partition coefficient (Wildman–Crippen LogP) is 2.09. The molecule has 1 amide bonds. The van der Waals surface area contributed by atoms with Gasteiger partial charge in [-0.05, 0) is 37.0 Å². The average molecular weight is 423 g/mol. The van der Waals surface area contributed by atoms with Crippen LogP contribution in [-0.2, 0) is 11.2 Å². The Bertz CT molecular complexity index is 654. The van der Waals surface area contributed by atoms with Gasteiger partial charge in [-0.15, -0.1) is 0 Å². The molecule has 0 unspecified atom stereocenters. The summed E-state index contributed by atoms with van der Waals surface area (Å²) in [6.45, 7) is 5.68. The van der Waals surface area contributed by atoms with Crippen molar-refractivity contribution in [1.29, 1.82) is 0 Å². The smallest absolute Gasteiger partial charge is 0.220 e. The molecule has 2 atom stereocenters. The van der Waals surface area contributed by atoms with Crippen molar-refractivity contribution in [2.75, 3.05) is 32.8 Å². The Morgan fingerprint density at radius 3 is 2.70 bits per heavy atom. The maximum absolute atomic E-state index is 12.5. The average Bonchev–Trinajstić information content (AvgIpc) is 3.12. The van der Waals surface area contributed by atoms with Gasteiger partial charge in [0, 0.05) is 32.1 Å². The van der Waals surface area contributed by atoms with E-state index < -0.39 is 0 Å². The number of carbonyl (C=O) groups excluding carboxylic acids is 1. The van der Waals surface area contributed by atoms with Crippen molar-refractivity contribution in [2.45, 2.75) is 70.4 Å². The monoisotopic (exact) mass is 422 g/mol. The lowest BCUT2D eigenvalue weighted by atomic mass is 10.0. The molecular formula is C23H38N2O5. The molecule has 7 nitrogen and oxygen atoms in total. The highest BCUT2D eigenvalue weighted by Gasteiger charge is 2.24. The van der Waals surface area contributed by atoms with Crippen LogP contribution in [0.25, 0.3) is 0 Å². The van der Waals surface area contributed by atoms with Crippen molar-refractivity contribution in [3.63, 3.8) is 0 Å². The molecule has 0 aliphatic carbocycles. The minimum Gasteiger partial charge on any atom is -0.486 e. The fraction of sp³-hybridized carbons (Fsp3) is 0.696. The third-order valence-corrected chi connectivity index (χ3v) is 5.69. The van der Waals surface area contributed by atoms with Gasteiger partial charge in [0.2, 0.25) is 5.91 Å². The van der Waals surface area contributed by atoms with Crippen molar-refractivity contribution >= 4 is 5.91 Å². The third kappa shape index (κ3) is 7.78. The molecule has 1 saturated heterocycles. The number of fused-ring (bicyclic) bond motifs is 1. The van der Waals surface area contributed by atoms with Gasteiger partial charge in [-0.25, -0.2) is 0 Å². The van der Waals surface area contributed by atoms with Crippen LogP contribution in [-0.4, -0.2) is 66.4 Å². The number of likely N-dealkylation sites (tertiary alicyclic amines) is 1. The number of carbonyl (C=O) groups is 1. The molecule has 2 aliphatic heterocycles. The zero-order valence-corrected chi connectivity index (χ0v) is 18.2. The van der Waals surface area contributed by atoms with Crippen LogP contribution in [0.2, 0.25) is 0 Å². The van der Waals surface area contributed by atoms with E-state index in [1.165, 1.54) is 19.3 Å². The molecule has 0 radical (unpaired) electrons. The molecule has 30 heavy (non-hydrogen) atoms. The second-order valence-corrected chi connectivity index (χ2v) is 8.31. The van der Waals surface area contributed by atoms with Crippen LogP contribution in [0.4, 0.5) is 0 Å². The molecule has 3 rings (SSSR count). The van der Waals surface area contributed by atoms with Gasteiger partial charge in [0.1, 0.15) is 13.2 Å². The molecule has 2 heterocycles. The van der Waals surface area contributed by atoms with E-state index in [4.69, 9.17) is 9.47 Å². The maximum Gasteiger partial charge on any atom is 0.220 e. The number of rotatable bonds is 11. The van der Waals surface area contributed by atoms with Gasteiger partial charge < -0.3 is 25.4 Å². The number of unbranched alkanes of at least 4 members (excludes halogenated alkanes) is 4. The van der Waals surface area contributed by atoms with Gasteiger partial charge in [0.05, 0.1) is 6.10 Å². The number of β-amino-alcohol motifs (C(OH)–C–C–N with tert-alkyl or cyclic N) is 1. The van der Waals surface area contributed by atoms with Crippen molar-refractivity contribution in [3.8, 4) is 11.5 Å². The van der Waals surface area contributed by atoms with Crippen LogP contribution in [0.3, 0.4) is 0 Å². The van der Waals surface area contributed by atoms with E-state index in [1.807, 2.05) is 12.1 Å². The van der Waals surface area contributed by atoms with Gasteiger partial charge in [-0.1, -0.05) is 38.7 Å². The Morgan fingerprint density at radius 1 is 1.20 bits per heavy atom.